The maximum Gasteiger partial charge on any atom is 0.193 e. The van der Waals surface area contributed by atoms with Gasteiger partial charge in [0.15, 0.2) is 5.78 Å². The molecule has 4 aromatic carbocycles. The maximum absolute atomic E-state index is 11.8. The summed E-state index contributed by atoms with van der Waals surface area (Å²) in [7, 11) is 0. The van der Waals surface area contributed by atoms with Crippen LogP contribution in [-0.4, -0.2) is 23.9 Å². The third-order valence-electron chi connectivity index (χ3n) is 5.09. The molecule has 0 bridgehead atoms. The lowest BCUT2D eigenvalue weighted by Gasteiger charge is -2.35. The number of para-hydroxylation sites is 2. The van der Waals surface area contributed by atoms with E-state index in [2.05, 4.69) is 84.5 Å². The van der Waals surface area contributed by atoms with Gasteiger partial charge in [-0.25, -0.2) is 5.01 Å². The number of carbonyl (C=O) groups is 1. The Labute approximate surface area is 191 Å². The van der Waals surface area contributed by atoms with E-state index in [4.69, 9.17) is 0 Å². The van der Waals surface area contributed by atoms with E-state index in [0.29, 0.717) is 0 Å². The van der Waals surface area contributed by atoms with Crippen LogP contribution < -0.4 is 5.01 Å². The van der Waals surface area contributed by atoms with E-state index in [-0.39, 0.29) is 5.78 Å². The summed E-state index contributed by atoms with van der Waals surface area (Å²) in [5.74, 6) is 0.0752. The summed E-state index contributed by atoms with van der Waals surface area (Å²) in [6.07, 6.45) is 0. The molecule has 0 aromatic heterocycles. The van der Waals surface area contributed by atoms with Crippen LogP contribution in [0.15, 0.2) is 121 Å². The molecule has 0 heterocycles. The molecule has 4 rings (SSSR count). The Kier molecular flexibility index (Phi) is 8.79. The second kappa shape index (κ2) is 12.2. The van der Waals surface area contributed by atoms with E-state index in [1.165, 1.54) is 11.4 Å². The van der Waals surface area contributed by atoms with Crippen molar-refractivity contribution in [2.75, 3.05) is 18.1 Å². The molecule has 0 amide bonds. The van der Waals surface area contributed by atoms with E-state index < -0.39 is 0 Å². The molecule has 0 aliphatic heterocycles. The minimum atomic E-state index is 0.0752. The number of nitrogens with zero attached hydrogens (tertiary/aromatic N) is 2. The standard InChI is InChI=1S/C16H20N2.C13H10O/c1-3-17(4-2)18(15-11-7-5-8-12-15)16-13-9-6-10-14-16;14-13(11-7-3-1-4-8-11)12-9-5-2-6-10-12/h5-14H,3-4H2,1-2H3;1-10H. The van der Waals surface area contributed by atoms with Crippen LogP contribution in [0.3, 0.4) is 0 Å². The summed E-state index contributed by atoms with van der Waals surface area (Å²) in [4.78, 5) is 11.8. The third kappa shape index (κ3) is 6.16. The van der Waals surface area contributed by atoms with Gasteiger partial charge in [0.2, 0.25) is 0 Å². The fourth-order valence-electron chi connectivity index (χ4n) is 3.47. The van der Waals surface area contributed by atoms with Gasteiger partial charge >= 0.3 is 0 Å². The molecule has 0 aliphatic carbocycles. The summed E-state index contributed by atoms with van der Waals surface area (Å²) in [5, 5.41) is 4.60. The number of hydrogen-bond donors (Lipinski definition) is 0. The average Bonchev–Trinajstić information content (AvgIpc) is 2.89. The molecule has 0 spiro atoms. The van der Waals surface area contributed by atoms with Crippen molar-refractivity contribution in [3.8, 4) is 0 Å². The number of anilines is 2. The van der Waals surface area contributed by atoms with Crippen molar-refractivity contribution in [3.63, 3.8) is 0 Å². The van der Waals surface area contributed by atoms with Gasteiger partial charge in [0.05, 0.1) is 11.4 Å². The van der Waals surface area contributed by atoms with Gasteiger partial charge in [-0.1, -0.05) is 111 Å². The first-order chi connectivity index (χ1) is 15.7. The van der Waals surface area contributed by atoms with Crippen molar-refractivity contribution >= 4 is 17.2 Å². The summed E-state index contributed by atoms with van der Waals surface area (Å²) >= 11 is 0. The summed E-state index contributed by atoms with van der Waals surface area (Å²) in [6, 6.07) is 39.6. The van der Waals surface area contributed by atoms with E-state index in [1.807, 2.05) is 60.7 Å². The first kappa shape index (κ1) is 23.0. The Morgan fingerprint density at radius 2 is 0.844 bits per heavy atom. The highest BCUT2D eigenvalue weighted by atomic mass is 16.1. The van der Waals surface area contributed by atoms with E-state index in [0.717, 1.165) is 24.2 Å². The Morgan fingerprint density at radius 1 is 0.531 bits per heavy atom. The van der Waals surface area contributed by atoms with Gasteiger partial charge in [-0.05, 0) is 24.3 Å². The number of carbonyl (C=O) groups excluding carboxylic acids is 1. The van der Waals surface area contributed by atoms with Gasteiger partial charge in [0, 0.05) is 24.2 Å². The lowest BCUT2D eigenvalue weighted by atomic mass is 10.0. The molecule has 3 heteroatoms. The minimum absolute atomic E-state index is 0.0752. The first-order valence-electron chi connectivity index (χ1n) is 11.0. The van der Waals surface area contributed by atoms with Crippen LogP contribution >= 0.6 is 0 Å². The molecular weight excluding hydrogens is 392 g/mol. The van der Waals surface area contributed by atoms with Crippen LogP contribution in [0.4, 0.5) is 11.4 Å². The summed E-state index contributed by atoms with van der Waals surface area (Å²) < 4.78 is 0. The average molecular weight is 423 g/mol. The van der Waals surface area contributed by atoms with Crippen molar-refractivity contribution in [3.05, 3.63) is 132 Å². The number of hydrazine groups is 1. The van der Waals surface area contributed by atoms with Crippen molar-refractivity contribution < 1.29 is 4.79 Å². The second-order valence-electron chi connectivity index (χ2n) is 7.18. The normalized spacial score (nSPS) is 10.2. The van der Waals surface area contributed by atoms with E-state index >= 15 is 0 Å². The van der Waals surface area contributed by atoms with Gasteiger partial charge in [-0.3, -0.25) is 9.80 Å². The third-order valence-corrected chi connectivity index (χ3v) is 5.09. The van der Waals surface area contributed by atoms with Crippen LogP contribution in [0.25, 0.3) is 0 Å². The molecule has 32 heavy (non-hydrogen) atoms. The zero-order valence-corrected chi connectivity index (χ0v) is 18.8. The lowest BCUT2D eigenvalue weighted by Crippen LogP contribution is -2.39. The Hall–Kier alpha value is -3.69. The zero-order chi connectivity index (χ0) is 22.6. The van der Waals surface area contributed by atoms with Gasteiger partial charge < -0.3 is 0 Å². The SMILES string of the molecule is CCN(CC)N(c1ccccc1)c1ccccc1.O=C(c1ccccc1)c1ccccc1. The van der Waals surface area contributed by atoms with Crippen molar-refractivity contribution in [2.45, 2.75) is 13.8 Å². The van der Waals surface area contributed by atoms with Gasteiger partial charge in [0.25, 0.3) is 0 Å². The second-order valence-corrected chi connectivity index (χ2v) is 7.18. The smallest absolute Gasteiger partial charge is 0.193 e. The minimum Gasteiger partial charge on any atom is -0.289 e. The van der Waals surface area contributed by atoms with Crippen molar-refractivity contribution in [1.29, 1.82) is 0 Å². The van der Waals surface area contributed by atoms with Crippen LogP contribution in [0.1, 0.15) is 29.8 Å². The van der Waals surface area contributed by atoms with Gasteiger partial charge in [0.1, 0.15) is 0 Å². The quantitative estimate of drug-likeness (QED) is 0.237. The summed E-state index contributed by atoms with van der Waals surface area (Å²) in [6.45, 7) is 6.34. The van der Waals surface area contributed by atoms with E-state index in [1.54, 1.807) is 0 Å². The molecule has 0 radical (unpaired) electrons. The first-order valence-corrected chi connectivity index (χ1v) is 11.0. The topological polar surface area (TPSA) is 23.6 Å². The largest absolute Gasteiger partial charge is 0.289 e. The van der Waals surface area contributed by atoms with Crippen molar-refractivity contribution in [2.24, 2.45) is 0 Å². The van der Waals surface area contributed by atoms with Crippen LogP contribution in [0.2, 0.25) is 0 Å². The predicted octanol–water partition coefficient (Wildman–Crippen LogP) is 7.00. The highest BCUT2D eigenvalue weighted by molar-refractivity contribution is 6.08. The number of ketones is 1. The monoisotopic (exact) mass is 422 g/mol. The molecule has 162 valence electrons. The Balaban J connectivity index is 0.000000186. The highest BCUT2D eigenvalue weighted by Gasteiger charge is 2.14. The molecule has 0 unspecified atom stereocenters. The fraction of sp³-hybridized carbons (Fsp3) is 0.138. The maximum atomic E-state index is 11.8. The highest BCUT2D eigenvalue weighted by Crippen LogP contribution is 2.26. The molecule has 0 fully saturated rings. The predicted molar refractivity (Wildman–Crippen MR) is 134 cm³/mol. The van der Waals surface area contributed by atoms with Crippen LogP contribution in [0, 0.1) is 0 Å². The van der Waals surface area contributed by atoms with Gasteiger partial charge in [-0.2, -0.15) is 0 Å². The molecule has 0 aliphatic rings. The molecule has 0 saturated carbocycles. The molecule has 0 N–H and O–H groups in total. The van der Waals surface area contributed by atoms with Crippen LogP contribution in [0.5, 0.6) is 0 Å². The molecule has 4 aromatic rings. The fourth-order valence-corrected chi connectivity index (χ4v) is 3.47. The van der Waals surface area contributed by atoms with Crippen LogP contribution in [-0.2, 0) is 0 Å². The Morgan fingerprint density at radius 3 is 1.16 bits per heavy atom. The number of rotatable bonds is 7. The molecule has 3 nitrogen and oxygen atoms in total. The number of benzene rings is 4. The molecular formula is C29H30N2O. The zero-order valence-electron chi connectivity index (χ0n) is 18.8. The lowest BCUT2D eigenvalue weighted by molar-refractivity contribution is 0.103. The van der Waals surface area contributed by atoms with Crippen molar-refractivity contribution in [1.82, 2.24) is 5.01 Å². The molecule has 0 saturated heterocycles. The summed E-state index contributed by atoms with van der Waals surface area (Å²) in [5.41, 5.74) is 3.87. The Bertz CT molecular complexity index is 966. The number of hydrogen-bond acceptors (Lipinski definition) is 3. The van der Waals surface area contributed by atoms with E-state index in [9.17, 15) is 4.79 Å². The van der Waals surface area contributed by atoms with Gasteiger partial charge in [-0.15, -0.1) is 0 Å². The molecule has 0 atom stereocenters.